The number of hydrogen-bond donors (Lipinski definition) is 1. The highest BCUT2D eigenvalue weighted by molar-refractivity contribution is 5.30. The van der Waals surface area contributed by atoms with Crippen LogP contribution < -0.4 is 10.1 Å². The number of ether oxygens (including phenoxy) is 1. The van der Waals surface area contributed by atoms with Gasteiger partial charge in [-0.2, -0.15) is 8.78 Å². The van der Waals surface area contributed by atoms with Gasteiger partial charge in [0, 0.05) is 6.04 Å². The largest absolute Gasteiger partial charge is 0.435 e. The van der Waals surface area contributed by atoms with Crippen molar-refractivity contribution in [3.63, 3.8) is 0 Å². The Labute approximate surface area is 81.9 Å². The molecule has 0 heterocycles. The van der Waals surface area contributed by atoms with Crippen molar-refractivity contribution in [2.24, 2.45) is 0 Å². The minimum atomic E-state index is -2.77. The molecule has 0 bridgehead atoms. The van der Waals surface area contributed by atoms with E-state index in [1.807, 2.05) is 20.0 Å². The summed E-state index contributed by atoms with van der Waals surface area (Å²) in [6.07, 6.45) is 0. The number of benzene rings is 1. The molecule has 1 rings (SSSR count). The fourth-order valence-corrected chi connectivity index (χ4v) is 1.13. The molecule has 0 fully saturated rings. The van der Waals surface area contributed by atoms with Crippen LogP contribution in [0.2, 0.25) is 0 Å². The van der Waals surface area contributed by atoms with Gasteiger partial charge in [0.15, 0.2) is 0 Å². The minimum absolute atomic E-state index is 0.122. The van der Waals surface area contributed by atoms with Crippen molar-refractivity contribution in [2.45, 2.75) is 19.6 Å². The predicted octanol–water partition coefficient (Wildman–Crippen LogP) is 2.57. The van der Waals surface area contributed by atoms with E-state index in [0.717, 1.165) is 5.56 Å². The van der Waals surface area contributed by atoms with Crippen LogP contribution in [0.4, 0.5) is 8.78 Å². The zero-order chi connectivity index (χ0) is 10.6. The summed E-state index contributed by atoms with van der Waals surface area (Å²) >= 11 is 0. The molecule has 14 heavy (non-hydrogen) atoms. The van der Waals surface area contributed by atoms with Crippen molar-refractivity contribution in [3.8, 4) is 5.75 Å². The summed E-state index contributed by atoms with van der Waals surface area (Å²) in [5.41, 5.74) is 0.922. The highest BCUT2D eigenvalue weighted by Gasteiger charge is 2.07. The molecule has 0 radical (unpaired) electrons. The topological polar surface area (TPSA) is 21.3 Å². The van der Waals surface area contributed by atoms with Crippen molar-refractivity contribution >= 4 is 0 Å². The van der Waals surface area contributed by atoms with Crippen LogP contribution in [0.25, 0.3) is 0 Å². The second kappa shape index (κ2) is 4.91. The summed E-state index contributed by atoms with van der Waals surface area (Å²) < 4.78 is 28.1. The maximum atomic E-state index is 11.9. The van der Waals surface area contributed by atoms with E-state index in [-0.39, 0.29) is 11.8 Å². The van der Waals surface area contributed by atoms with Gasteiger partial charge in [0.25, 0.3) is 0 Å². The second-order valence-electron chi connectivity index (χ2n) is 2.96. The SMILES string of the molecule is CN[C@H](C)c1cccc(OC(F)F)c1. The average molecular weight is 201 g/mol. The molecule has 2 nitrogen and oxygen atoms in total. The van der Waals surface area contributed by atoms with Crippen LogP contribution in [0, 0.1) is 0 Å². The van der Waals surface area contributed by atoms with Gasteiger partial charge in [-0.15, -0.1) is 0 Å². The Morgan fingerprint density at radius 3 is 2.64 bits per heavy atom. The van der Waals surface area contributed by atoms with Gasteiger partial charge in [-0.25, -0.2) is 0 Å². The van der Waals surface area contributed by atoms with Crippen LogP contribution >= 0.6 is 0 Å². The van der Waals surface area contributed by atoms with Gasteiger partial charge in [-0.3, -0.25) is 0 Å². The van der Waals surface area contributed by atoms with Crippen LogP contribution in [0.15, 0.2) is 24.3 Å². The number of nitrogens with one attached hydrogen (secondary N) is 1. The summed E-state index contributed by atoms with van der Waals surface area (Å²) in [4.78, 5) is 0. The maximum absolute atomic E-state index is 11.9. The molecule has 1 aromatic carbocycles. The third-order valence-corrected chi connectivity index (χ3v) is 2.02. The van der Waals surface area contributed by atoms with Gasteiger partial charge in [-0.05, 0) is 31.7 Å². The van der Waals surface area contributed by atoms with Crippen molar-refractivity contribution < 1.29 is 13.5 Å². The molecule has 78 valence electrons. The predicted molar refractivity (Wildman–Crippen MR) is 50.5 cm³/mol. The van der Waals surface area contributed by atoms with E-state index < -0.39 is 6.61 Å². The van der Waals surface area contributed by atoms with Crippen molar-refractivity contribution in [1.29, 1.82) is 0 Å². The third kappa shape index (κ3) is 2.96. The van der Waals surface area contributed by atoms with Crippen molar-refractivity contribution in [3.05, 3.63) is 29.8 Å². The van der Waals surface area contributed by atoms with Crippen LogP contribution in [-0.2, 0) is 0 Å². The Balaban J connectivity index is 2.78. The Kier molecular flexibility index (Phi) is 3.83. The number of rotatable bonds is 4. The van der Waals surface area contributed by atoms with Gasteiger partial charge in [0.05, 0.1) is 0 Å². The van der Waals surface area contributed by atoms with Gasteiger partial charge in [-0.1, -0.05) is 12.1 Å². The number of hydrogen-bond acceptors (Lipinski definition) is 2. The smallest absolute Gasteiger partial charge is 0.387 e. The van der Waals surface area contributed by atoms with E-state index in [0.29, 0.717) is 0 Å². The fraction of sp³-hybridized carbons (Fsp3) is 0.400. The molecule has 0 aromatic heterocycles. The van der Waals surface area contributed by atoms with Crippen molar-refractivity contribution in [2.75, 3.05) is 7.05 Å². The molecule has 0 saturated heterocycles. The second-order valence-corrected chi connectivity index (χ2v) is 2.96. The first-order valence-corrected chi connectivity index (χ1v) is 4.35. The summed E-state index contributed by atoms with van der Waals surface area (Å²) in [6.45, 7) is -0.822. The Hall–Kier alpha value is -1.16. The zero-order valence-electron chi connectivity index (χ0n) is 8.13. The van der Waals surface area contributed by atoms with Crippen LogP contribution in [-0.4, -0.2) is 13.7 Å². The first kappa shape index (κ1) is 10.9. The number of alkyl halides is 2. The highest BCUT2D eigenvalue weighted by atomic mass is 19.3. The lowest BCUT2D eigenvalue weighted by Gasteiger charge is -2.12. The molecular formula is C10H13F2NO. The van der Waals surface area contributed by atoms with E-state index in [9.17, 15) is 8.78 Å². The average Bonchev–Trinajstić information content (AvgIpc) is 2.16. The van der Waals surface area contributed by atoms with E-state index in [1.165, 1.54) is 6.07 Å². The quantitative estimate of drug-likeness (QED) is 0.808. The lowest BCUT2D eigenvalue weighted by Crippen LogP contribution is -2.12. The van der Waals surface area contributed by atoms with E-state index in [4.69, 9.17) is 0 Å². The van der Waals surface area contributed by atoms with E-state index in [2.05, 4.69) is 10.1 Å². The monoisotopic (exact) mass is 201 g/mol. The standard InChI is InChI=1S/C10H13F2NO/c1-7(13-2)8-4-3-5-9(6-8)14-10(11)12/h3-7,10,13H,1-2H3/t7-/m1/s1. The fourth-order valence-electron chi connectivity index (χ4n) is 1.13. The summed E-state index contributed by atoms with van der Waals surface area (Å²) in [6, 6.07) is 6.79. The molecule has 1 N–H and O–H groups in total. The van der Waals surface area contributed by atoms with Crippen LogP contribution in [0.5, 0.6) is 5.75 Å². The Morgan fingerprint density at radius 2 is 2.07 bits per heavy atom. The Morgan fingerprint density at radius 1 is 1.36 bits per heavy atom. The molecule has 1 aromatic rings. The molecule has 0 amide bonds. The molecule has 0 aliphatic heterocycles. The number of halogens is 2. The van der Waals surface area contributed by atoms with Gasteiger partial charge < -0.3 is 10.1 Å². The van der Waals surface area contributed by atoms with Gasteiger partial charge in [0.1, 0.15) is 5.75 Å². The Bertz CT molecular complexity index is 291. The zero-order valence-corrected chi connectivity index (χ0v) is 8.13. The first-order chi connectivity index (χ1) is 6.63. The van der Waals surface area contributed by atoms with E-state index in [1.54, 1.807) is 12.1 Å². The molecular weight excluding hydrogens is 188 g/mol. The molecule has 0 saturated carbocycles. The van der Waals surface area contributed by atoms with Crippen LogP contribution in [0.3, 0.4) is 0 Å². The van der Waals surface area contributed by atoms with Gasteiger partial charge >= 0.3 is 6.61 Å². The molecule has 4 heteroatoms. The lowest BCUT2D eigenvalue weighted by atomic mass is 10.1. The van der Waals surface area contributed by atoms with E-state index >= 15 is 0 Å². The van der Waals surface area contributed by atoms with Crippen molar-refractivity contribution in [1.82, 2.24) is 5.32 Å². The normalized spacial score (nSPS) is 12.9. The molecule has 1 atom stereocenters. The third-order valence-electron chi connectivity index (χ3n) is 2.02. The summed E-state index contributed by atoms with van der Waals surface area (Å²) in [7, 11) is 1.81. The van der Waals surface area contributed by atoms with Crippen LogP contribution in [0.1, 0.15) is 18.5 Å². The summed E-state index contributed by atoms with van der Waals surface area (Å²) in [5.74, 6) is 0.194. The van der Waals surface area contributed by atoms with Gasteiger partial charge in [0.2, 0.25) is 0 Å². The minimum Gasteiger partial charge on any atom is -0.435 e. The summed E-state index contributed by atoms with van der Waals surface area (Å²) in [5, 5.41) is 3.02. The molecule has 0 aliphatic rings. The highest BCUT2D eigenvalue weighted by Crippen LogP contribution is 2.20. The molecule has 0 unspecified atom stereocenters. The molecule has 0 spiro atoms. The molecule has 0 aliphatic carbocycles. The first-order valence-electron chi connectivity index (χ1n) is 4.35. The maximum Gasteiger partial charge on any atom is 0.387 e. The lowest BCUT2D eigenvalue weighted by molar-refractivity contribution is -0.0499.